The lowest BCUT2D eigenvalue weighted by Gasteiger charge is -2.18. The molecule has 0 saturated carbocycles. The number of aryl methyl sites for hydroxylation is 1. The average Bonchev–Trinajstić information content (AvgIpc) is 2.97. The predicted octanol–water partition coefficient (Wildman–Crippen LogP) is 2.13. The molecule has 0 unspecified atom stereocenters. The second-order valence-electron chi connectivity index (χ2n) is 5.25. The number of aromatic nitrogens is 1. The van der Waals surface area contributed by atoms with Crippen LogP contribution in [0, 0.1) is 6.92 Å². The Bertz CT molecular complexity index is 893. The molecule has 0 atom stereocenters. The van der Waals surface area contributed by atoms with E-state index < -0.39 is 15.6 Å². The molecule has 0 fully saturated rings. The molecule has 0 bridgehead atoms. The van der Waals surface area contributed by atoms with Crippen LogP contribution in [0.1, 0.15) is 28.4 Å². The van der Waals surface area contributed by atoms with Crippen molar-refractivity contribution >= 4 is 27.1 Å². The van der Waals surface area contributed by atoms with Crippen LogP contribution in [0.3, 0.4) is 0 Å². The molecule has 0 aliphatic heterocycles. The summed E-state index contributed by atoms with van der Waals surface area (Å²) in [6.45, 7) is 5.89. The van der Waals surface area contributed by atoms with Crippen molar-refractivity contribution in [3.05, 3.63) is 50.6 Å². The number of carbonyl (C=O) groups is 1. The molecule has 2 aromatic rings. The van der Waals surface area contributed by atoms with Crippen molar-refractivity contribution in [2.45, 2.75) is 32.2 Å². The molecular formula is C16H20N2O4S2. The van der Waals surface area contributed by atoms with E-state index in [9.17, 15) is 18.0 Å². The Morgan fingerprint density at radius 1 is 1.17 bits per heavy atom. The zero-order valence-corrected chi connectivity index (χ0v) is 15.5. The van der Waals surface area contributed by atoms with E-state index in [1.54, 1.807) is 19.9 Å². The fourth-order valence-corrected chi connectivity index (χ4v) is 4.59. The fourth-order valence-electron chi connectivity index (χ4n) is 2.32. The summed E-state index contributed by atoms with van der Waals surface area (Å²) in [6, 6.07) is 6.02. The Kier molecular flexibility index (Phi) is 5.74. The van der Waals surface area contributed by atoms with Gasteiger partial charge in [0.1, 0.15) is 0 Å². The molecule has 0 aliphatic rings. The van der Waals surface area contributed by atoms with Gasteiger partial charge < -0.3 is 4.57 Å². The topological polar surface area (TPSA) is 76.5 Å². The molecule has 0 aliphatic carbocycles. The first-order chi connectivity index (χ1) is 11.3. The Hall–Kier alpha value is -1.77. The van der Waals surface area contributed by atoms with Crippen molar-refractivity contribution < 1.29 is 13.2 Å². The average molecular weight is 368 g/mol. The first-order valence-electron chi connectivity index (χ1n) is 7.59. The minimum atomic E-state index is -3.67. The first-order valence-corrected chi connectivity index (χ1v) is 9.85. The van der Waals surface area contributed by atoms with Crippen molar-refractivity contribution in [1.29, 1.82) is 0 Å². The van der Waals surface area contributed by atoms with Crippen LogP contribution in [0.25, 0.3) is 0 Å². The van der Waals surface area contributed by atoms with Gasteiger partial charge in [0.25, 0.3) is 5.56 Å². The number of hydrogen-bond donors (Lipinski definition) is 0. The van der Waals surface area contributed by atoms with Crippen molar-refractivity contribution in [2.24, 2.45) is 0 Å². The highest BCUT2D eigenvalue weighted by Crippen LogP contribution is 2.17. The number of Topliss-reactive ketones (excluding diaryl/α,β-unsaturated/α-hetero) is 1. The maximum atomic E-state index is 12.5. The Morgan fingerprint density at radius 2 is 1.83 bits per heavy atom. The van der Waals surface area contributed by atoms with E-state index in [1.165, 1.54) is 34.0 Å². The molecule has 130 valence electrons. The number of carbonyl (C=O) groups excluding carboxylic acids is 1. The zero-order valence-electron chi connectivity index (χ0n) is 13.9. The van der Waals surface area contributed by atoms with Gasteiger partial charge >= 0.3 is 0 Å². The number of nitrogens with zero attached hydrogens (tertiary/aromatic N) is 2. The summed E-state index contributed by atoms with van der Waals surface area (Å²) in [4.78, 5) is 25.8. The Labute approximate surface area is 145 Å². The number of thiophene rings is 1. The molecule has 0 spiro atoms. The van der Waals surface area contributed by atoms with Gasteiger partial charge in [0.2, 0.25) is 10.0 Å². The van der Waals surface area contributed by atoms with Crippen LogP contribution < -0.4 is 5.56 Å². The van der Waals surface area contributed by atoms with E-state index in [0.29, 0.717) is 18.0 Å². The van der Waals surface area contributed by atoms with E-state index in [-0.39, 0.29) is 17.2 Å². The van der Waals surface area contributed by atoms with Crippen molar-refractivity contribution in [2.75, 3.05) is 13.1 Å². The standard InChI is InChI=1S/C16H20N2O4S2/c1-4-18(5-2)24(21,22)13-7-9-16(20)17(10-13)11-14(19)15-8-6-12(3)23-15/h6-10H,4-5,11H2,1-3H3. The van der Waals surface area contributed by atoms with E-state index in [1.807, 2.05) is 13.0 Å². The van der Waals surface area contributed by atoms with Crippen LogP contribution in [-0.4, -0.2) is 36.2 Å². The lowest BCUT2D eigenvalue weighted by molar-refractivity contribution is 0.0974. The van der Waals surface area contributed by atoms with E-state index in [0.717, 1.165) is 9.44 Å². The van der Waals surface area contributed by atoms with Gasteiger partial charge in [0.05, 0.1) is 16.3 Å². The number of hydrogen-bond acceptors (Lipinski definition) is 5. The van der Waals surface area contributed by atoms with Crippen molar-refractivity contribution in [1.82, 2.24) is 8.87 Å². The number of pyridine rings is 1. The van der Waals surface area contributed by atoms with Gasteiger partial charge in [-0.25, -0.2) is 8.42 Å². The molecule has 2 rings (SSSR count). The van der Waals surface area contributed by atoms with Gasteiger partial charge in [0.15, 0.2) is 5.78 Å². The Balaban J connectivity index is 2.36. The molecule has 8 heteroatoms. The molecule has 0 aromatic carbocycles. The zero-order chi connectivity index (χ0) is 17.9. The molecule has 0 saturated heterocycles. The highest BCUT2D eigenvalue weighted by atomic mass is 32.2. The third-order valence-electron chi connectivity index (χ3n) is 3.63. The van der Waals surface area contributed by atoms with Crippen LogP contribution in [0.4, 0.5) is 0 Å². The molecule has 2 heterocycles. The summed E-state index contributed by atoms with van der Waals surface area (Å²) >= 11 is 1.35. The lowest BCUT2D eigenvalue weighted by Crippen LogP contribution is -2.32. The summed E-state index contributed by atoms with van der Waals surface area (Å²) in [6.07, 6.45) is 1.24. The van der Waals surface area contributed by atoms with Crippen molar-refractivity contribution in [3.63, 3.8) is 0 Å². The Morgan fingerprint density at radius 3 is 2.38 bits per heavy atom. The number of sulfonamides is 1. The van der Waals surface area contributed by atoms with Gasteiger partial charge in [-0.2, -0.15) is 4.31 Å². The van der Waals surface area contributed by atoms with Gasteiger partial charge in [-0.05, 0) is 25.1 Å². The highest BCUT2D eigenvalue weighted by Gasteiger charge is 2.22. The second kappa shape index (κ2) is 7.42. The van der Waals surface area contributed by atoms with Gasteiger partial charge in [0, 0.05) is 30.2 Å². The van der Waals surface area contributed by atoms with Gasteiger partial charge in [-0.15, -0.1) is 11.3 Å². The summed E-state index contributed by atoms with van der Waals surface area (Å²) in [5.41, 5.74) is -0.407. The minimum Gasteiger partial charge on any atom is -0.306 e. The normalized spacial score (nSPS) is 11.8. The highest BCUT2D eigenvalue weighted by molar-refractivity contribution is 7.89. The lowest BCUT2D eigenvalue weighted by atomic mass is 10.3. The van der Waals surface area contributed by atoms with Crippen LogP contribution >= 0.6 is 11.3 Å². The predicted molar refractivity (Wildman–Crippen MR) is 94.2 cm³/mol. The molecule has 0 N–H and O–H groups in total. The summed E-state index contributed by atoms with van der Waals surface area (Å²) < 4.78 is 27.5. The fraction of sp³-hybridized carbons (Fsp3) is 0.375. The molecular weight excluding hydrogens is 348 g/mol. The molecule has 6 nitrogen and oxygen atoms in total. The smallest absolute Gasteiger partial charge is 0.251 e. The summed E-state index contributed by atoms with van der Waals surface area (Å²) in [7, 11) is -3.67. The summed E-state index contributed by atoms with van der Waals surface area (Å²) in [5.74, 6) is -0.215. The molecule has 2 aromatic heterocycles. The van der Waals surface area contributed by atoms with Crippen LogP contribution in [0.5, 0.6) is 0 Å². The van der Waals surface area contributed by atoms with E-state index >= 15 is 0 Å². The van der Waals surface area contributed by atoms with E-state index in [4.69, 9.17) is 0 Å². The quantitative estimate of drug-likeness (QED) is 0.702. The third-order valence-corrected chi connectivity index (χ3v) is 6.70. The van der Waals surface area contributed by atoms with Gasteiger partial charge in [-0.1, -0.05) is 13.8 Å². The number of ketones is 1. The van der Waals surface area contributed by atoms with Gasteiger partial charge in [-0.3, -0.25) is 9.59 Å². The maximum absolute atomic E-state index is 12.5. The van der Waals surface area contributed by atoms with Crippen molar-refractivity contribution in [3.8, 4) is 0 Å². The second-order valence-corrected chi connectivity index (χ2v) is 8.48. The monoisotopic (exact) mass is 368 g/mol. The van der Waals surface area contributed by atoms with Crippen LogP contribution in [0.15, 0.2) is 40.2 Å². The molecule has 0 radical (unpaired) electrons. The SMILES string of the molecule is CCN(CC)S(=O)(=O)c1ccc(=O)n(CC(=O)c2ccc(C)s2)c1. The summed E-state index contributed by atoms with van der Waals surface area (Å²) in [5, 5.41) is 0. The first kappa shape index (κ1) is 18.6. The maximum Gasteiger partial charge on any atom is 0.251 e. The molecule has 24 heavy (non-hydrogen) atoms. The molecule has 0 amide bonds. The third kappa shape index (κ3) is 3.82. The van der Waals surface area contributed by atoms with E-state index in [2.05, 4.69) is 0 Å². The number of rotatable bonds is 7. The largest absolute Gasteiger partial charge is 0.306 e. The van der Waals surface area contributed by atoms with Crippen LogP contribution in [-0.2, 0) is 16.6 Å². The minimum absolute atomic E-state index is 0.0148. The van der Waals surface area contributed by atoms with Crippen LogP contribution in [0.2, 0.25) is 0 Å².